The summed E-state index contributed by atoms with van der Waals surface area (Å²) in [6, 6.07) is 6.57. The van der Waals surface area contributed by atoms with Crippen molar-refractivity contribution in [2.24, 2.45) is 0 Å². The van der Waals surface area contributed by atoms with Crippen molar-refractivity contribution in [3.8, 4) is 0 Å². The molecule has 122 valence electrons. The lowest BCUT2D eigenvalue weighted by Gasteiger charge is -2.25. The predicted octanol–water partition coefficient (Wildman–Crippen LogP) is 3.12. The van der Waals surface area contributed by atoms with E-state index in [1.165, 1.54) is 6.07 Å². The minimum atomic E-state index is -4.39. The zero-order valence-electron chi connectivity index (χ0n) is 12.5. The van der Waals surface area contributed by atoms with Gasteiger partial charge in [-0.2, -0.15) is 13.2 Å². The van der Waals surface area contributed by atoms with Crippen molar-refractivity contribution in [2.45, 2.75) is 31.7 Å². The molecule has 4 nitrogen and oxygen atoms in total. The maximum Gasteiger partial charge on any atom is 0.416 e. The summed E-state index contributed by atoms with van der Waals surface area (Å²) in [4.78, 5) is 10.3. The van der Waals surface area contributed by atoms with E-state index in [-0.39, 0.29) is 6.04 Å². The van der Waals surface area contributed by atoms with Crippen LogP contribution in [-0.2, 0) is 6.18 Å². The molecule has 1 aromatic heterocycles. The Bertz CT molecular complexity index is 705. The van der Waals surface area contributed by atoms with Crippen LogP contribution in [0.25, 0.3) is 0 Å². The quantitative estimate of drug-likeness (QED) is 0.922. The lowest BCUT2D eigenvalue weighted by molar-refractivity contribution is -0.137. The number of halogens is 3. The van der Waals surface area contributed by atoms with E-state index >= 15 is 0 Å². The van der Waals surface area contributed by atoms with Gasteiger partial charge >= 0.3 is 6.18 Å². The van der Waals surface area contributed by atoms with Gasteiger partial charge in [0, 0.05) is 18.4 Å². The number of alkyl halides is 3. The Morgan fingerprint density at radius 1 is 1.26 bits per heavy atom. The standard InChI is InChI=1S/C16H16F3N3O/c1-10-5-6-20-15(21-10)22-9-13(23)8-14(22)11-3-2-4-12(7-11)16(17,18)19/h2-7,13-14,23H,8-9H2,1H3/t13-,14+/m1/s1. The summed E-state index contributed by atoms with van der Waals surface area (Å²) in [6.45, 7) is 2.11. The lowest BCUT2D eigenvalue weighted by Crippen LogP contribution is -2.26. The van der Waals surface area contributed by atoms with Crippen molar-refractivity contribution < 1.29 is 18.3 Å². The third-order valence-electron chi connectivity index (χ3n) is 3.92. The Labute approximate surface area is 131 Å². The van der Waals surface area contributed by atoms with Gasteiger partial charge in [-0.05, 0) is 37.1 Å². The minimum Gasteiger partial charge on any atom is -0.391 e. The Morgan fingerprint density at radius 2 is 2.04 bits per heavy atom. The van der Waals surface area contributed by atoms with Crippen molar-refractivity contribution in [1.82, 2.24) is 9.97 Å². The fourth-order valence-corrected chi connectivity index (χ4v) is 2.85. The molecule has 0 radical (unpaired) electrons. The summed E-state index contributed by atoms with van der Waals surface area (Å²) in [5, 5.41) is 9.97. The zero-order chi connectivity index (χ0) is 16.6. The van der Waals surface area contributed by atoms with E-state index in [4.69, 9.17) is 0 Å². The third kappa shape index (κ3) is 3.29. The molecule has 3 rings (SSSR count). The topological polar surface area (TPSA) is 49.2 Å². The van der Waals surface area contributed by atoms with Crippen molar-refractivity contribution in [3.05, 3.63) is 53.3 Å². The maximum atomic E-state index is 12.9. The largest absolute Gasteiger partial charge is 0.416 e. The summed E-state index contributed by atoms with van der Waals surface area (Å²) in [5.41, 5.74) is 0.571. The van der Waals surface area contributed by atoms with E-state index in [1.807, 2.05) is 6.92 Å². The molecule has 0 amide bonds. The van der Waals surface area contributed by atoms with Crippen LogP contribution in [0.2, 0.25) is 0 Å². The van der Waals surface area contributed by atoms with Crippen LogP contribution in [-0.4, -0.2) is 27.7 Å². The van der Waals surface area contributed by atoms with Crippen molar-refractivity contribution in [1.29, 1.82) is 0 Å². The normalized spacial score (nSPS) is 21.7. The first-order chi connectivity index (χ1) is 10.8. The molecule has 1 saturated heterocycles. The fourth-order valence-electron chi connectivity index (χ4n) is 2.85. The predicted molar refractivity (Wildman–Crippen MR) is 78.9 cm³/mol. The number of aliphatic hydroxyl groups excluding tert-OH is 1. The molecule has 1 fully saturated rings. The van der Waals surface area contributed by atoms with Gasteiger partial charge in [-0.3, -0.25) is 0 Å². The van der Waals surface area contributed by atoms with Gasteiger partial charge in [-0.25, -0.2) is 9.97 Å². The molecule has 23 heavy (non-hydrogen) atoms. The highest BCUT2D eigenvalue weighted by molar-refractivity contribution is 5.41. The Kier molecular flexibility index (Phi) is 3.97. The SMILES string of the molecule is Cc1ccnc(N2C[C@H](O)C[C@H]2c2cccc(C(F)(F)F)c2)n1. The molecule has 1 N–H and O–H groups in total. The molecule has 1 aromatic carbocycles. The second-order valence-corrected chi connectivity index (χ2v) is 5.68. The minimum absolute atomic E-state index is 0.296. The molecular weight excluding hydrogens is 307 g/mol. The number of rotatable bonds is 2. The Hall–Kier alpha value is -2.15. The van der Waals surface area contributed by atoms with Crippen molar-refractivity contribution in [2.75, 3.05) is 11.4 Å². The van der Waals surface area contributed by atoms with E-state index in [1.54, 1.807) is 23.2 Å². The second kappa shape index (κ2) is 5.81. The first kappa shape index (κ1) is 15.7. The third-order valence-corrected chi connectivity index (χ3v) is 3.92. The van der Waals surface area contributed by atoms with Crippen LogP contribution in [0, 0.1) is 6.92 Å². The first-order valence-corrected chi connectivity index (χ1v) is 7.26. The van der Waals surface area contributed by atoms with E-state index in [9.17, 15) is 18.3 Å². The van der Waals surface area contributed by atoms with Crippen LogP contribution in [0.5, 0.6) is 0 Å². The highest BCUT2D eigenvalue weighted by atomic mass is 19.4. The molecular formula is C16H16F3N3O. The number of anilines is 1. The first-order valence-electron chi connectivity index (χ1n) is 7.26. The van der Waals surface area contributed by atoms with E-state index in [0.717, 1.165) is 17.8 Å². The number of β-amino-alcohol motifs (C(OH)–C–C–N with tert-alkyl or cyclic N) is 1. The summed E-state index contributed by atoms with van der Waals surface area (Å²) < 4.78 is 38.8. The number of aliphatic hydroxyl groups is 1. The lowest BCUT2D eigenvalue weighted by atomic mass is 10.0. The van der Waals surface area contributed by atoms with E-state index < -0.39 is 17.8 Å². The highest BCUT2D eigenvalue weighted by Gasteiger charge is 2.36. The highest BCUT2D eigenvalue weighted by Crippen LogP contribution is 2.37. The van der Waals surface area contributed by atoms with Gasteiger partial charge in [0.25, 0.3) is 0 Å². The molecule has 0 bridgehead atoms. The molecule has 2 aromatic rings. The van der Waals surface area contributed by atoms with Crippen molar-refractivity contribution >= 4 is 5.95 Å². The Morgan fingerprint density at radius 3 is 2.74 bits per heavy atom. The summed E-state index contributed by atoms with van der Waals surface area (Å²) >= 11 is 0. The number of benzene rings is 1. The Balaban J connectivity index is 1.97. The van der Waals surface area contributed by atoms with E-state index in [2.05, 4.69) is 9.97 Å². The van der Waals surface area contributed by atoms with Crippen LogP contribution in [0.1, 0.15) is 29.3 Å². The van der Waals surface area contributed by atoms with E-state index in [0.29, 0.717) is 24.5 Å². The molecule has 0 spiro atoms. The van der Waals surface area contributed by atoms with Gasteiger partial charge in [0.05, 0.1) is 17.7 Å². The number of aromatic nitrogens is 2. The smallest absolute Gasteiger partial charge is 0.391 e. The summed E-state index contributed by atoms with van der Waals surface area (Å²) in [5.74, 6) is 0.420. The second-order valence-electron chi connectivity index (χ2n) is 5.68. The molecule has 0 saturated carbocycles. The zero-order valence-corrected chi connectivity index (χ0v) is 12.5. The molecule has 0 unspecified atom stereocenters. The van der Waals surface area contributed by atoms with Gasteiger partial charge < -0.3 is 10.0 Å². The van der Waals surface area contributed by atoms with Crippen LogP contribution < -0.4 is 4.90 Å². The van der Waals surface area contributed by atoms with Crippen LogP contribution in [0.4, 0.5) is 19.1 Å². The number of hydrogen-bond donors (Lipinski definition) is 1. The van der Waals surface area contributed by atoms with Gasteiger partial charge in [0.15, 0.2) is 0 Å². The average molecular weight is 323 g/mol. The summed E-state index contributed by atoms with van der Waals surface area (Å²) in [6.07, 6.45) is -3.07. The molecule has 2 atom stereocenters. The van der Waals surface area contributed by atoms with Gasteiger partial charge in [-0.15, -0.1) is 0 Å². The molecule has 1 aliphatic rings. The maximum absolute atomic E-state index is 12.9. The van der Waals surface area contributed by atoms with Gasteiger partial charge in [0.1, 0.15) is 0 Å². The van der Waals surface area contributed by atoms with Crippen molar-refractivity contribution in [3.63, 3.8) is 0 Å². The van der Waals surface area contributed by atoms with Crippen LogP contribution in [0.15, 0.2) is 36.5 Å². The molecule has 2 heterocycles. The summed E-state index contributed by atoms with van der Waals surface area (Å²) in [7, 11) is 0. The number of hydrogen-bond acceptors (Lipinski definition) is 4. The fraction of sp³-hybridized carbons (Fsp3) is 0.375. The van der Waals surface area contributed by atoms with Crippen LogP contribution in [0.3, 0.4) is 0 Å². The van der Waals surface area contributed by atoms with Gasteiger partial charge in [-0.1, -0.05) is 12.1 Å². The van der Waals surface area contributed by atoms with Gasteiger partial charge in [0.2, 0.25) is 5.95 Å². The number of aryl methyl sites for hydroxylation is 1. The molecule has 0 aliphatic carbocycles. The average Bonchev–Trinajstić information content (AvgIpc) is 2.89. The monoisotopic (exact) mass is 323 g/mol. The van der Waals surface area contributed by atoms with Crippen LogP contribution >= 0.6 is 0 Å². The molecule has 1 aliphatic heterocycles. The number of nitrogens with zero attached hydrogens (tertiary/aromatic N) is 3. The molecule has 7 heteroatoms.